The van der Waals surface area contributed by atoms with E-state index in [9.17, 15) is 9.59 Å². The number of nitrogens with zero attached hydrogens (tertiary/aromatic N) is 1. The number of aliphatic hydroxyl groups excluding tert-OH is 1. The highest BCUT2D eigenvalue weighted by molar-refractivity contribution is 5.97. The number of ketones is 1. The number of hydrogen-bond donors (Lipinski definition) is 1. The fourth-order valence-electron chi connectivity index (χ4n) is 1.85. The Hall–Kier alpha value is -2.30. The van der Waals surface area contributed by atoms with E-state index in [1.54, 1.807) is 0 Å². The molecule has 0 bridgehead atoms. The van der Waals surface area contributed by atoms with E-state index in [0.29, 0.717) is 6.54 Å². The highest BCUT2D eigenvalue weighted by Crippen LogP contribution is 2.13. The summed E-state index contributed by atoms with van der Waals surface area (Å²) < 4.78 is 5.16. The Morgan fingerprint density at radius 2 is 2.11 bits per heavy atom. The van der Waals surface area contributed by atoms with E-state index >= 15 is 0 Å². The number of benzene rings is 1. The van der Waals surface area contributed by atoms with Gasteiger partial charge in [-0.3, -0.25) is 4.79 Å². The van der Waals surface area contributed by atoms with E-state index in [2.05, 4.69) is 0 Å². The molecule has 1 aliphatic heterocycles. The number of amides is 1. The number of piperidine rings is 1. The van der Waals surface area contributed by atoms with Gasteiger partial charge in [0.2, 0.25) is 0 Å². The monoisotopic (exact) mass is 261 g/mol. The summed E-state index contributed by atoms with van der Waals surface area (Å²) in [6.07, 6.45) is 0.502. The molecule has 0 spiro atoms. The highest BCUT2D eigenvalue weighted by atomic mass is 16.6. The lowest BCUT2D eigenvalue weighted by atomic mass is 10.1. The van der Waals surface area contributed by atoms with Gasteiger partial charge in [-0.1, -0.05) is 30.3 Å². The van der Waals surface area contributed by atoms with Crippen LogP contribution in [0.3, 0.4) is 0 Å². The summed E-state index contributed by atoms with van der Waals surface area (Å²) in [5.74, 6) is -0.130. The van der Waals surface area contributed by atoms with Crippen LogP contribution >= 0.6 is 0 Å². The quantitative estimate of drug-likeness (QED) is 0.653. The first-order valence-corrected chi connectivity index (χ1v) is 6.03. The number of carbonyl (C=O) groups excluding carboxylic acids is 2. The summed E-state index contributed by atoms with van der Waals surface area (Å²) in [4.78, 5) is 24.6. The fraction of sp³-hybridized carbons (Fsp3) is 0.286. The fourth-order valence-corrected chi connectivity index (χ4v) is 1.85. The van der Waals surface area contributed by atoms with Crippen LogP contribution in [0.5, 0.6) is 0 Å². The maximum absolute atomic E-state index is 11.8. The lowest BCUT2D eigenvalue weighted by Gasteiger charge is -2.26. The standard InChI is InChI=1S/C14H15NO4/c16-9-12-8-15(7-6-13(12)17)14(18)19-10-11-4-2-1-3-5-11/h1-5,9,16H,6-8,10H2/b12-9-. The molecule has 0 saturated carbocycles. The van der Waals surface area contributed by atoms with E-state index < -0.39 is 6.09 Å². The Balaban J connectivity index is 1.89. The number of hydrogen-bond acceptors (Lipinski definition) is 4. The summed E-state index contributed by atoms with van der Waals surface area (Å²) in [6.45, 7) is 0.620. The predicted octanol–water partition coefficient (Wildman–Crippen LogP) is 2.04. The van der Waals surface area contributed by atoms with Crippen LogP contribution in [0.1, 0.15) is 12.0 Å². The van der Waals surface area contributed by atoms with Crippen LogP contribution in [-0.2, 0) is 16.1 Å². The number of likely N-dealkylation sites (tertiary alicyclic amines) is 1. The molecule has 1 aromatic rings. The highest BCUT2D eigenvalue weighted by Gasteiger charge is 2.26. The van der Waals surface area contributed by atoms with Gasteiger partial charge in [0.1, 0.15) is 6.61 Å². The van der Waals surface area contributed by atoms with Crippen molar-refractivity contribution in [2.75, 3.05) is 13.1 Å². The van der Waals surface area contributed by atoms with Crippen molar-refractivity contribution in [3.8, 4) is 0 Å². The number of ether oxygens (including phenoxy) is 1. The van der Waals surface area contributed by atoms with E-state index in [0.717, 1.165) is 11.8 Å². The SMILES string of the molecule is O=C1CCN(C(=O)OCc2ccccc2)C/C1=C/O. The van der Waals surface area contributed by atoms with Gasteiger partial charge in [-0.15, -0.1) is 0 Å². The maximum atomic E-state index is 11.8. The molecule has 2 rings (SSSR count). The summed E-state index contributed by atoms with van der Waals surface area (Å²) >= 11 is 0. The molecule has 5 heteroatoms. The second-order valence-electron chi connectivity index (χ2n) is 4.29. The van der Waals surface area contributed by atoms with E-state index in [4.69, 9.17) is 9.84 Å². The molecule has 19 heavy (non-hydrogen) atoms. The van der Waals surface area contributed by atoms with Crippen molar-refractivity contribution in [1.82, 2.24) is 4.90 Å². The zero-order valence-corrected chi connectivity index (χ0v) is 10.4. The number of carbonyl (C=O) groups is 2. The topological polar surface area (TPSA) is 66.8 Å². The molecular formula is C14H15NO4. The van der Waals surface area contributed by atoms with Gasteiger partial charge in [-0.05, 0) is 5.56 Å². The van der Waals surface area contributed by atoms with Crippen molar-refractivity contribution < 1.29 is 19.4 Å². The van der Waals surface area contributed by atoms with Crippen molar-refractivity contribution in [2.24, 2.45) is 0 Å². The molecule has 1 saturated heterocycles. The molecule has 5 nitrogen and oxygen atoms in total. The molecule has 0 radical (unpaired) electrons. The Morgan fingerprint density at radius 1 is 1.37 bits per heavy atom. The van der Waals surface area contributed by atoms with Crippen LogP contribution in [0, 0.1) is 0 Å². The van der Waals surface area contributed by atoms with E-state index in [1.807, 2.05) is 30.3 Å². The Bertz CT molecular complexity index is 495. The van der Waals surface area contributed by atoms with Crippen LogP contribution in [0.2, 0.25) is 0 Å². The first kappa shape index (κ1) is 13.1. The molecule has 1 heterocycles. The van der Waals surface area contributed by atoms with Crippen LogP contribution in [0.4, 0.5) is 4.79 Å². The predicted molar refractivity (Wildman–Crippen MR) is 68.5 cm³/mol. The van der Waals surface area contributed by atoms with Crippen molar-refractivity contribution in [3.63, 3.8) is 0 Å². The Labute approximate surface area is 111 Å². The van der Waals surface area contributed by atoms with Gasteiger partial charge in [0.05, 0.1) is 12.8 Å². The van der Waals surface area contributed by atoms with Gasteiger partial charge in [0.15, 0.2) is 5.78 Å². The van der Waals surface area contributed by atoms with Crippen LogP contribution in [0.25, 0.3) is 0 Å². The lowest BCUT2D eigenvalue weighted by molar-refractivity contribution is -0.117. The van der Waals surface area contributed by atoms with Gasteiger partial charge in [0.25, 0.3) is 0 Å². The van der Waals surface area contributed by atoms with Crippen molar-refractivity contribution in [2.45, 2.75) is 13.0 Å². The van der Waals surface area contributed by atoms with Gasteiger partial charge in [-0.2, -0.15) is 0 Å². The van der Waals surface area contributed by atoms with Crippen molar-refractivity contribution >= 4 is 11.9 Å². The molecule has 0 aliphatic carbocycles. The Kier molecular flexibility index (Phi) is 4.18. The Morgan fingerprint density at radius 3 is 2.79 bits per heavy atom. The van der Waals surface area contributed by atoms with Crippen LogP contribution in [0.15, 0.2) is 42.2 Å². The average molecular weight is 261 g/mol. The largest absolute Gasteiger partial charge is 0.515 e. The van der Waals surface area contributed by atoms with Crippen LogP contribution < -0.4 is 0 Å². The zero-order chi connectivity index (χ0) is 13.7. The number of aliphatic hydroxyl groups is 1. The molecule has 1 N–H and O–H groups in total. The first-order valence-electron chi connectivity index (χ1n) is 6.03. The number of rotatable bonds is 2. The molecule has 0 unspecified atom stereocenters. The minimum Gasteiger partial charge on any atom is -0.515 e. The molecule has 1 aliphatic rings. The third-order valence-corrected chi connectivity index (χ3v) is 2.95. The van der Waals surface area contributed by atoms with E-state index in [-0.39, 0.29) is 30.9 Å². The van der Waals surface area contributed by atoms with Gasteiger partial charge in [0, 0.05) is 18.5 Å². The lowest BCUT2D eigenvalue weighted by Crippen LogP contribution is -2.40. The summed E-state index contributed by atoms with van der Waals surface area (Å²) in [7, 11) is 0. The molecule has 0 aromatic heterocycles. The number of Topliss-reactive ketones (excluding diaryl/α,β-unsaturated/α-hetero) is 1. The molecule has 1 amide bonds. The third-order valence-electron chi connectivity index (χ3n) is 2.95. The van der Waals surface area contributed by atoms with Gasteiger partial charge in [-0.25, -0.2) is 4.79 Å². The normalized spacial score (nSPS) is 17.6. The van der Waals surface area contributed by atoms with Crippen molar-refractivity contribution in [1.29, 1.82) is 0 Å². The summed E-state index contributed by atoms with van der Waals surface area (Å²) in [5, 5.41) is 8.91. The molecule has 1 fully saturated rings. The minimum atomic E-state index is -0.476. The molecule has 100 valence electrons. The van der Waals surface area contributed by atoms with E-state index in [1.165, 1.54) is 4.90 Å². The second kappa shape index (κ2) is 6.04. The summed E-state index contributed by atoms with van der Waals surface area (Å²) in [6, 6.07) is 9.36. The molecule has 0 atom stereocenters. The minimum absolute atomic E-state index is 0.100. The first-order chi connectivity index (χ1) is 9.20. The van der Waals surface area contributed by atoms with Gasteiger partial charge >= 0.3 is 6.09 Å². The smallest absolute Gasteiger partial charge is 0.410 e. The van der Waals surface area contributed by atoms with Gasteiger partial charge < -0.3 is 14.7 Å². The zero-order valence-electron chi connectivity index (χ0n) is 10.4. The third kappa shape index (κ3) is 3.34. The molecular weight excluding hydrogens is 246 g/mol. The summed E-state index contributed by atoms with van der Waals surface area (Å²) in [5.41, 5.74) is 1.14. The van der Waals surface area contributed by atoms with Crippen LogP contribution in [-0.4, -0.2) is 35.0 Å². The maximum Gasteiger partial charge on any atom is 0.410 e. The molecule has 1 aromatic carbocycles. The van der Waals surface area contributed by atoms with Crippen molar-refractivity contribution in [3.05, 3.63) is 47.7 Å². The second-order valence-corrected chi connectivity index (χ2v) is 4.29. The average Bonchev–Trinajstić information content (AvgIpc) is 2.46.